The van der Waals surface area contributed by atoms with E-state index in [0.29, 0.717) is 28.9 Å². The summed E-state index contributed by atoms with van der Waals surface area (Å²) < 4.78 is 6.06. The normalized spacial score (nSPS) is 21.3. The minimum atomic E-state index is -1.01. The molecule has 0 aromatic heterocycles. The maximum Gasteiger partial charge on any atom is 0.339 e. The molecule has 0 radical (unpaired) electrons. The molecule has 0 saturated carbocycles. The van der Waals surface area contributed by atoms with Crippen LogP contribution in [0.1, 0.15) is 49.4 Å². The smallest absolute Gasteiger partial charge is 0.339 e. The highest BCUT2D eigenvalue weighted by Crippen LogP contribution is 2.37. The van der Waals surface area contributed by atoms with Crippen LogP contribution < -0.4 is 10.1 Å². The summed E-state index contributed by atoms with van der Waals surface area (Å²) >= 11 is 6.00. The standard InChI is InChI=1S/C19H27ClN2O3/c1-2-3-6-22-7-4-13(5-8-22)9-15-12-21-17-11-14(20)10-16(19(23)24)18(17)25-15/h10-11,13,15,21H,2-9,12H2,1H3,(H,23,24). The van der Waals surface area contributed by atoms with Gasteiger partial charge < -0.3 is 20.1 Å². The number of likely N-dealkylation sites (tertiary alicyclic amines) is 1. The third-order valence-electron chi connectivity index (χ3n) is 5.22. The van der Waals surface area contributed by atoms with Crippen LogP contribution in [0.5, 0.6) is 5.75 Å². The summed E-state index contributed by atoms with van der Waals surface area (Å²) in [6.07, 6.45) is 5.90. The zero-order valence-corrected chi connectivity index (χ0v) is 15.5. The Bertz CT molecular complexity index is 615. The van der Waals surface area contributed by atoms with Crippen molar-refractivity contribution in [2.75, 3.05) is 31.5 Å². The summed E-state index contributed by atoms with van der Waals surface area (Å²) in [5, 5.41) is 13.1. The van der Waals surface area contributed by atoms with Crippen LogP contribution in [0.2, 0.25) is 5.02 Å². The summed E-state index contributed by atoms with van der Waals surface area (Å²) in [6, 6.07) is 3.19. The highest BCUT2D eigenvalue weighted by Gasteiger charge is 2.28. The topological polar surface area (TPSA) is 61.8 Å². The third-order valence-corrected chi connectivity index (χ3v) is 5.44. The number of anilines is 1. The Hall–Kier alpha value is -1.46. The van der Waals surface area contributed by atoms with Gasteiger partial charge in [-0.15, -0.1) is 0 Å². The average Bonchev–Trinajstić information content (AvgIpc) is 2.60. The van der Waals surface area contributed by atoms with Crippen molar-refractivity contribution in [3.05, 3.63) is 22.7 Å². The van der Waals surface area contributed by atoms with Gasteiger partial charge in [-0.2, -0.15) is 0 Å². The van der Waals surface area contributed by atoms with Crippen molar-refractivity contribution < 1.29 is 14.6 Å². The van der Waals surface area contributed by atoms with Crippen molar-refractivity contribution in [1.82, 2.24) is 4.90 Å². The Morgan fingerprint density at radius 1 is 1.40 bits per heavy atom. The molecule has 1 unspecified atom stereocenters. The number of benzene rings is 1. The number of hydrogen-bond donors (Lipinski definition) is 2. The first kappa shape index (κ1) is 18.3. The van der Waals surface area contributed by atoms with Crippen LogP contribution in [-0.2, 0) is 0 Å². The second-order valence-electron chi connectivity index (χ2n) is 7.13. The van der Waals surface area contributed by atoms with E-state index in [1.165, 1.54) is 38.3 Å². The molecule has 0 amide bonds. The first-order valence-corrected chi connectivity index (χ1v) is 9.64. The van der Waals surface area contributed by atoms with Gasteiger partial charge in [0.05, 0.1) is 12.2 Å². The Labute approximate surface area is 154 Å². The quantitative estimate of drug-likeness (QED) is 0.793. The van der Waals surface area contributed by atoms with Crippen molar-refractivity contribution >= 4 is 23.3 Å². The summed E-state index contributed by atoms with van der Waals surface area (Å²) in [5.74, 6) is 0.0609. The number of piperidine rings is 1. The number of carboxylic acid groups (broad SMARTS) is 1. The molecule has 25 heavy (non-hydrogen) atoms. The van der Waals surface area contributed by atoms with Crippen molar-refractivity contribution in [2.24, 2.45) is 5.92 Å². The molecule has 0 aliphatic carbocycles. The van der Waals surface area contributed by atoms with Gasteiger partial charge in [-0.05, 0) is 63.4 Å². The second-order valence-corrected chi connectivity index (χ2v) is 7.57. The zero-order chi connectivity index (χ0) is 17.8. The van der Waals surface area contributed by atoms with Crippen LogP contribution in [0.4, 0.5) is 5.69 Å². The van der Waals surface area contributed by atoms with E-state index in [0.717, 1.165) is 19.5 Å². The number of unbranched alkanes of at least 4 members (excludes halogenated alkanes) is 1. The van der Waals surface area contributed by atoms with E-state index in [-0.39, 0.29) is 11.7 Å². The summed E-state index contributed by atoms with van der Waals surface area (Å²) in [7, 11) is 0. The van der Waals surface area contributed by atoms with Gasteiger partial charge in [-0.3, -0.25) is 0 Å². The SMILES string of the molecule is CCCCN1CCC(CC2CNc3cc(Cl)cc(C(=O)O)c3O2)CC1. The highest BCUT2D eigenvalue weighted by molar-refractivity contribution is 6.31. The van der Waals surface area contributed by atoms with Gasteiger partial charge in [0.1, 0.15) is 11.7 Å². The van der Waals surface area contributed by atoms with Crippen LogP contribution in [0, 0.1) is 5.92 Å². The summed E-state index contributed by atoms with van der Waals surface area (Å²) in [6.45, 7) is 6.47. The van der Waals surface area contributed by atoms with Crippen molar-refractivity contribution in [2.45, 2.75) is 45.1 Å². The number of hydrogen-bond acceptors (Lipinski definition) is 4. The summed E-state index contributed by atoms with van der Waals surface area (Å²) in [5.41, 5.74) is 0.810. The number of halogens is 1. The fourth-order valence-electron chi connectivity index (χ4n) is 3.77. The van der Waals surface area contributed by atoms with E-state index in [1.807, 2.05) is 0 Å². The number of ether oxygens (including phenoxy) is 1. The number of carboxylic acids is 1. The van der Waals surface area contributed by atoms with Crippen LogP contribution in [0.15, 0.2) is 12.1 Å². The number of nitrogens with zero attached hydrogens (tertiary/aromatic N) is 1. The fraction of sp³-hybridized carbons (Fsp3) is 0.632. The summed E-state index contributed by atoms with van der Waals surface area (Å²) in [4.78, 5) is 14.0. The number of rotatable bonds is 6. The van der Waals surface area contributed by atoms with Gasteiger partial charge in [0, 0.05) is 5.02 Å². The molecular weight excluding hydrogens is 340 g/mol. The lowest BCUT2D eigenvalue weighted by Crippen LogP contribution is -2.38. The first-order valence-electron chi connectivity index (χ1n) is 9.26. The fourth-order valence-corrected chi connectivity index (χ4v) is 3.99. The Morgan fingerprint density at radius 3 is 2.84 bits per heavy atom. The lowest BCUT2D eigenvalue weighted by Gasteiger charge is -2.35. The van der Waals surface area contributed by atoms with Crippen molar-refractivity contribution in [1.29, 1.82) is 0 Å². The molecule has 1 aromatic carbocycles. The van der Waals surface area contributed by atoms with Gasteiger partial charge in [0.2, 0.25) is 0 Å². The van der Waals surface area contributed by atoms with Crippen LogP contribution in [0.25, 0.3) is 0 Å². The monoisotopic (exact) mass is 366 g/mol. The minimum Gasteiger partial charge on any atom is -0.485 e. The minimum absolute atomic E-state index is 0.0129. The maximum atomic E-state index is 11.5. The largest absolute Gasteiger partial charge is 0.485 e. The van der Waals surface area contributed by atoms with Crippen LogP contribution >= 0.6 is 11.6 Å². The van der Waals surface area contributed by atoms with Crippen molar-refractivity contribution in [3.63, 3.8) is 0 Å². The molecule has 0 spiro atoms. The molecule has 3 rings (SSSR count). The first-order chi connectivity index (χ1) is 12.1. The number of aromatic carboxylic acids is 1. The Morgan fingerprint density at radius 2 is 2.16 bits per heavy atom. The molecule has 2 N–H and O–H groups in total. The van der Waals surface area contributed by atoms with E-state index >= 15 is 0 Å². The lowest BCUT2D eigenvalue weighted by molar-refractivity contribution is 0.0685. The number of nitrogens with one attached hydrogen (secondary N) is 1. The van der Waals surface area contributed by atoms with Gasteiger partial charge in [-0.1, -0.05) is 24.9 Å². The predicted octanol–water partition coefficient (Wildman–Crippen LogP) is 4.11. The van der Waals surface area contributed by atoms with Gasteiger partial charge in [-0.25, -0.2) is 4.79 Å². The lowest BCUT2D eigenvalue weighted by atomic mass is 9.90. The maximum absolute atomic E-state index is 11.5. The highest BCUT2D eigenvalue weighted by atomic mass is 35.5. The van der Waals surface area contributed by atoms with E-state index in [1.54, 1.807) is 6.07 Å². The molecule has 2 aliphatic rings. The van der Waals surface area contributed by atoms with E-state index < -0.39 is 5.97 Å². The number of fused-ring (bicyclic) bond motifs is 1. The van der Waals surface area contributed by atoms with Crippen molar-refractivity contribution in [3.8, 4) is 5.75 Å². The second kappa shape index (κ2) is 8.28. The predicted molar refractivity (Wildman–Crippen MR) is 100 cm³/mol. The van der Waals surface area contributed by atoms with E-state index in [2.05, 4.69) is 17.1 Å². The van der Waals surface area contributed by atoms with E-state index in [4.69, 9.17) is 16.3 Å². The molecular formula is C19H27ClN2O3. The van der Waals surface area contributed by atoms with Gasteiger partial charge in [0.25, 0.3) is 0 Å². The number of carbonyl (C=O) groups is 1. The van der Waals surface area contributed by atoms with Gasteiger partial charge in [0.15, 0.2) is 5.75 Å². The zero-order valence-electron chi connectivity index (χ0n) is 14.8. The molecule has 0 bridgehead atoms. The molecule has 6 heteroatoms. The Balaban J connectivity index is 1.58. The van der Waals surface area contributed by atoms with Crippen LogP contribution in [0.3, 0.4) is 0 Å². The molecule has 2 aliphatic heterocycles. The average molecular weight is 367 g/mol. The Kier molecular flexibility index (Phi) is 6.07. The molecule has 1 atom stereocenters. The molecule has 2 heterocycles. The molecule has 1 saturated heterocycles. The molecule has 1 aromatic rings. The van der Waals surface area contributed by atoms with Crippen LogP contribution in [-0.4, -0.2) is 48.3 Å². The molecule has 5 nitrogen and oxygen atoms in total. The van der Waals surface area contributed by atoms with E-state index in [9.17, 15) is 9.90 Å². The van der Waals surface area contributed by atoms with Gasteiger partial charge >= 0.3 is 5.97 Å². The molecule has 138 valence electrons. The molecule has 1 fully saturated rings. The third kappa shape index (κ3) is 4.59.